The van der Waals surface area contributed by atoms with Crippen molar-refractivity contribution in [3.8, 4) is 0 Å². The fraction of sp³-hybridized carbons (Fsp3) is 0.538. The number of hydrogen-bond donors (Lipinski definition) is 2. The molecular weight excluding hydrogens is 288 g/mol. The zero-order valence-electron chi connectivity index (χ0n) is 11.7. The lowest BCUT2D eigenvalue weighted by Crippen LogP contribution is -2.39. The smallest absolute Gasteiger partial charge is 0.216 e. The Morgan fingerprint density at radius 3 is 2.20 bits per heavy atom. The quantitative estimate of drug-likeness (QED) is 0.871. The molecule has 2 N–H and O–H groups in total. The van der Waals surface area contributed by atoms with Crippen molar-refractivity contribution < 1.29 is 22.3 Å². The maximum Gasteiger partial charge on any atom is 0.216 e. The summed E-state index contributed by atoms with van der Waals surface area (Å²) in [5.74, 6) is -2.62. The van der Waals surface area contributed by atoms with Gasteiger partial charge in [0.1, 0.15) is 11.6 Å². The van der Waals surface area contributed by atoms with Gasteiger partial charge in [-0.15, -0.1) is 0 Å². The van der Waals surface area contributed by atoms with E-state index in [9.17, 15) is 22.3 Å². The van der Waals surface area contributed by atoms with Crippen LogP contribution >= 0.6 is 0 Å². The van der Waals surface area contributed by atoms with Crippen LogP contribution in [-0.4, -0.2) is 26.2 Å². The second kappa shape index (κ2) is 6.15. The molecule has 4 nitrogen and oxygen atoms in total. The van der Waals surface area contributed by atoms with Crippen LogP contribution in [0.15, 0.2) is 18.2 Å². The summed E-state index contributed by atoms with van der Waals surface area (Å²) in [6.45, 7) is 5.05. The predicted molar refractivity (Wildman–Crippen MR) is 72.4 cm³/mol. The van der Waals surface area contributed by atoms with Gasteiger partial charge in [0.2, 0.25) is 10.0 Å². The fourth-order valence-corrected chi connectivity index (χ4v) is 2.59. The van der Waals surface area contributed by atoms with Crippen LogP contribution in [0.25, 0.3) is 0 Å². The molecule has 20 heavy (non-hydrogen) atoms. The van der Waals surface area contributed by atoms with Crippen molar-refractivity contribution in [2.75, 3.05) is 6.54 Å². The van der Waals surface area contributed by atoms with Gasteiger partial charge in [-0.1, -0.05) is 26.8 Å². The number of benzene rings is 1. The molecule has 0 aliphatic heterocycles. The van der Waals surface area contributed by atoms with Crippen molar-refractivity contribution in [2.24, 2.45) is 5.41 Å². The second-order valence-corrected chi connectivity index (χ2v) is 7.50. The summed E-state index contributed by atoms with van der Waals surface area (Å²) in [6.07, 6.45) is -0.900. The van der Waals surface area contributed by atoms with Crippen molar-refractivity contribution in [1.29, 1.82) is 0 Å². The van der Waals surface area contributed by atoms with Crippen molar-refractivity contribution in [1.82, 2.24) is 4.72 Å². The number of hydrogen-bond acceptors (Lipinski definition) is 3. The monoisotopic (exact) mass is 307 g/mol. The van der Waals surface area contributed by atoms with Crippen molar-refractivity contribution in [2.45, 2.75) is 32.6 Å². The van der Waals surface area contributed by atoms with Gasteiger partial charge in [-0.05, 0) is 17.5 Å². The molecule has 0 fully saturated rings. The molecule has 114 valence electrons. The number of nitrogens with one attached hydrogen (secondary N) is 1. The SMILES string of the molecule is CC(C)(C)C(O)CNS(=O)(=O)Cc1c(F)cccc1F. The first kappa shape index (κ1) is 17.0. The van der Waals surface area contributed by atoms with Crippen molar-refractivity contribution in [3.63, 3.8) is 0 Å². The summed E-state index contributed by atoms with van der Waals surface area (Å²) in [6, 6.07) is 3.16. The summed E-state index contributed by atoms with van der Waals surface area (Å²) >= 11 is 0. The highest BCUT2D eigenvalue weighted by Gasteiger charge is 2.25. The summed E-state index contributed by atoms with van der Waals surface area (Å²) < 4.78 is 52.5. The molecule has 0 saturated carbocycles. The highest BCUT2D eigenvalue weighted by molar-refractivity contribution is 7.88. The molecule has 1 aromatic rings. The van der Waals surface area contributed by atoms with Gasteiger partial charge in [-0.25, -0.2) is 21.9 Å². The Morgan fingerprint density at radius 2 is 1.75 bits per heavy atom. The van der Waals surface area contributed by atoms with Gasteiger partial charge in [0.15, 0.2) is 0 Å². The number of aliphatic hydroxyl groups excluding tert-OH is 1. The van der Waals surface area contributed by atoms with Crippen LogP contribution in [0, 0.1) is 17.0 Å². The maximum absolute atomic E-state index is 13.4. The van der Waals surface area contributed by atoms with E-state index in [1.165, 1.54) is 0 Å². The molecule has 0 amide bonds. The van der Waals surface area contributed by atoms with Crippen LogP contribution in [0.4, 0.5) is 8.78 Å². The van der Waals surface area contributed by atoms with E-state index in [1.807, 2.05) is 0 Å². The third kappa shape index (κ3) is 4.81. The van der Waals surface area contributed by atoms with E-state index in [0.717, 1.165) is 18.2 Å². The Bertz CT molecular complexity index is 547. The van der Waals surface area contributed by atoms with Crippen LogP contribution < -0.4 is 4.72 Å². The normalized spacial score (nSPS) is 14.3. The number of rotatable bonds is 5. The topological polar surface area (TPSA) is 66.4 Å². The molecule has 1 aromatic carbocycles. The van der Waals surface area contributed by atoms with E-state index in [4.69, 9.17) is 0 Å². The summed E-state index contributed by atoms with van der Waals surface area (Å²) in [7, 11) is -3.92. The van der Waals surface area contributed by atoms with E-state index in [1.54, 1.807) is 20.8 Å². The molecule has 7 heteroatoms. The molecule has 0 spiro atoms. The zero-order valence-corrected chi connectivity index (χ0v) is 12.5. The molecule has 0 aliphatic rings. The third-order valence-electron chi connectivity index (χ3n) is 2.89. The Morgan fingerprint density at radius 1 is 1.25 bits per heavy atom. The van der Waals surface area contributed by atoms with Gasteiger partial charge in [0.25, 0.3) is 0 Å². The van der Waals surface area contributed by atoms with Crippen molar-refractivity contribution >= 4 is 10.0 Å². The zero-order chi connectivity index (χ0) is 15.6. The molecule has 0 bridgehead atoms. The minimum atomic E-state index is -3.92. The molecule has 0 saturated heterocycles. The van der Waals surface area contributed by atoms with Gasteiger partial charge in [0.05, 0.1) is 11.9 Å². The lowest BCUT2D eigenvalue weighted by atomic mass is 9.89. The van der Waals surface area contributed by atoms with Gasteiger partial charge in [-0.3, -0.25) is 0 Å². The van der Waals surface area contributed by atoms with E-state index in [0.29, 0.717) is 0 Å². The van der Waals surface area contributed by atoms with Gasteiger partial charge in [0, 0.05) is 12.1 Å². The van der Waals surface area contributed by atoms with Crippen LogP contribution in [0.5, 0.6) is 0 Å². The molecule has 0 aliphatic carbocycles. The molecule has 0 heterocycles. The molecule has 1 atom stereocenters. The highest BCUT2D eigenvalue weighted by Crippen LogP contribution is 2.19. The molecule has 0 radical (unpaired) electrons. The number of sulfonamides is 1. The predicted octanol–water partition coefficient (Wildman–Crippen LogP) is 1.79. The molecule has 0 aromatic heterocycles. The van der Waals surface area contributed by atoms with Crippen LogP contribution in [0.2, 0.25) is 0 Å². The van der Waals surface area contributed by atoms with Crippen LogP contribution in [-0.2, 0) is 15.8 Å². The molecule has 1 rings (SSSR count). The second-order valence-electron chi connectivity index (χ2n) is 5.69. The standard InChI is InChI=1S/C13H19F2NO3S/c1-13(2,3)12(17)7-16-20(18,19)8-9-10(14)5-4-6-11(9)15/h4-6,12,16-17H,7-8H2,1-3H3. The third-order valence-corrected chi connectivity index (χ3v) is 4.17. The first-order valence-corrected chi connectivity index (χ1v) is 7.76. The first-order chi connectivity index (χ1) is 9.03. The molecular formula is C13H19F2NO3S. The molecule has 1 unspecified atom stereocenters. The summed E-state index contributed by atoms with van der Waals surface area (Å²) in [4.78, 5) is 0. The fourth-order valence-electron chi connectivity index (χ4n) is 1.42. The minimum Gasteiger partial charge on any atom is -0.391 e. The maximum atomic E-state index is 13.4. The Hall–Kier alpha value is -1.05. The Balaban J connectivity index is 2.77. The minimum absolute atomic E-state index is 0.206. The van der Waals surface area contributed by atoms with Crippen LogP contribution in [0.3, 0.4) is 0 Å². The lowest BCUT2D eigenvalue weighted by molar-refractivity contribution is 0.0677. The Kier molecular flexibility index (Phi) is 5.23. The van der Waals surface area contributed by atoms with Gasteiger partial charge >= 0.3 is 0 Å². The van der Waals surface area contributed by atoms with E-state index >= 15 is 0 Å². The average Bonchev–Trinajstić information content (AvgIpc) is 2.30. The Labute approximate surface area is 117 Å². The largest absolute Gasteiger partial charge is 0.391 e. The first-order valence-electron chi connectivity index (χ1n) is 6.11. The average molecular weight is 307 g/mol. The number of halogens is 2. The van der Waals surface area contributed by atoms with E-state index in [2.05, 4.69) is 4.72 Å². The van der Waals surface area contributed by atoms with Gasteiger partial charge in [-0.2, -0.15) is 0 Å². The summed E-state index contributed by atoms with van der Waals surface area (Å²) in [5.41, 5.74) is -1.00. The lowest BCUT2D eigenvalue weighted by Gasteiger charge is -2.25. The van der Waals surface area contributed by atoms with Gasteiger partial charge < -0.3 is 5.11 Å². The van der Waals surface area contributed by atoms with E-state index < -0.39 is 44.5 Å². The number of aliphatic hydroxyl groups is 1. The highest BCUT2D eigenvalue weighted by atomic mass is 32.2. The van der Waals surface area contributed by atoms with Crippen molar-refractivity contribution in [3.05, 3.63) is 35.4 Å². The van der Waals surface area contributed by atoms with E-state index in [-0.39, 0.29) is 6.54 Å². The van der Waals surface area contributed by atoms with Crippen LogP contribution in [0.1, 0.15) is 26.3 Å². The summed E-state index contributed by atoms with van der Waals surface area (Å²) in [5, 5.41) is 9.75.